The standard InChI is InChI=1S/C17H32N2O/c1-5-20-15-8-14(9-15)19-11-17(4,13-6-7-13)18-10-16(19)12(2)3/h12-16,18H,5-11H2,1-4H3. The van der Waals surface area contributed by atoms with E-state index in [1.807, 2.05) is 0 Å². The molecule has 3 heteroatoms. The van der Waals surface area contributed by atoms with Crippen LogP contribution in [0.15, 0.2) is 0 Å². The van der Waals surface area contributed by atoms with Crippen molar-refractivity contribution < 1.29 is 4.74 Å². The van der Waals surface area contributed by atoms with Crippen molar-refractivity contribution in [1.29, 1.82) is 0 Å². The number of ether oxygens (including phenoxy) is 1. The molecule has 0 amide bonds. The van der Waals surface area contributed by atoms with Crippen molar-refractivity contribution in [3.63, 3.8) is 0 Å². The normalized spacial score (nSPS) is 42.8. The Morgan fingerprint density at radius 1 is 1.30 bits per heavy atom. The van der Waals surface area contributed by atoms with Gasteiger partial charge in [-0.3, -0.25) is 4.90 Å². The largest absolute Gasteiger partial charge is 0.378 e. The Labute approximate surface area is 124 Å². The molecular formula is C17H32N2O. The minimum absolute atomic E-state index is 0.363. The molecule has 0 aromatic rings. The molecule has 0 aromatic heterocycles. The maximum Gasteiger partial charge on any atom is 0.0604 e. The third kappa shape index (κ3) is 2.77. The first-order chi connectivity index (χ1) is 9.53. The van der Waals surface area contributed by atoms with E-state index < -0.39 is 0 Å². The van der Waals surface area contributed by atoms with E-state index in [1.165, 1.54) is 38.8 Å². The van der Waals surface area contributed by atoms with Crippen LogP contribution in [0.1, 0.15) is 53.4 Å². The first-order valence-corrected chi connectivity index (χ1v) is 8.66. The summed E-state index contributed by atoms with van der Waals surface area (Å²) in [5.74, 6) is 1.65. The molecule has 2 unspecified atom stereocenters. The molecule has 2 atom stereocenters. The molecule has 3 rings (SSSR count). The molecule has 20 heavy (non-hydrogen) atoms. The van der Waals surface area contributed by atoms with Gasteiger partial charge in [0.2, 0.25) is 0 Å². The van der Waals surface area contributed by atoms with Crippen LogP contribution in [0, 0.1) is 11.8 Å². The zero-order valence-corrected chi connectivity index (χ0v) is 13.7. The van der Waals surface area contributed by atoms with Gasteiger partial charge in [-0.15, -0.1) is 0 Å². The van der Waals surface area contributed by atoms with Crippen molar-refractivity contribution in [2.45, 2.75) is 77.1 Å². The molecule has 2 aliphatic carbocycles. The average Bonchev–Trinajstić information content (AvgIpc) is 3.17. The average molecular weight is 280 g/mol. The minimum atomic E-state index is 0.363. The van der Waals surface area contributed by atoms with Gasteiger partial charge in [0.05, 0.1) is 6.10 Å². The number of rotatable bonds is 5. The fourth-order valence-corrected chi connectivity index (χ4v) is 4.20. The lowest BCUT2D eigenvalue weighted by atomic mass is 9.81. The Bertz CT molecular complexity index is 336. The molecule has 1 heterocycles. The Hall–Kier alpha value is -0.120. The summed E-state index contributed by atoms with van der Waals surface area (Å²) in [6, 6.07) is 1.47. The lowest BCUT2D eigenvalue weighted by Crippen LogP contribution is -2.69. The summed E-state index contributed by atoms with van der Waals surface area (Å²) in [4.78, 5) is 2.83. The summed E-state index contributed by atoms with van der Waals surface area (Å²) in [7, 11) is 0. The van der Waals surface area contributed by atoms with E-state index >= 15 is 0 Å². The van der Waals surface area contributed by atoms with E-state index in [1.54, 1.807) is 0 Å². The van der Waals surface area contributed by atoms with Crippen molar-refractivity contribution in [3.05, 3.63) is 0 Å². The molecule has 3 aliphatic rings. The van der Waals surface area contributed by atoms with Gasteiger partial charge in [-0.2, -0.15) is 0 Å². The van der Waals surface area contributed by atoms with Crippen LogP contribution in [0.5, 0.6) is 0 Å². The maximum atomic E-state index is 5.76. The summed E-state index contributed by atoms with van der Waals surface area (Å²) in [5, 5.41) is 3.89. The lowest BCUT2D eigenvalue weighted by molar-refractivity contribution is -0.0825. The highest BCUT2D eigenvalue weighted by molar-refractivity contribution is 5.07. The molecule has 2 saturated carbocycles. The predicted molar refractivity (Wildman–Crippen MR) is 82.9 cm³/mol. The summed E-state index contributed by atoms with van der Waals surface area (Å²) in [6.45, 7) is 12.6. The molecule has 1 N–H and O–H groups in total. The zero-order chi connectivity index (χ0) is 14.3. The van der Waals surface area contributed by atoms with Gasteiger partial charge in [-0.05, 0) is 51.4 Å². The third-order valence-corrected chi connectivity index (χ3v) is 5.84. The first-order valence-electron chi connectivity index (χ1n) is 8.66. The topological polar surface area (TPSA) is 24.5 Å². The number of nitrogens with one attached hydrogen (secondary N) is 1. The van der Waals surface area contributed by atoms with Gasteiger partial charge >= 0.3 is 0 Å². The molecule has 116 valence electrons. The van der Waals surface area contributed by atoms with Crippen LogP contribution >= 0.6 is 0 Å². The smallest absolute Gasteiger partial charge is 0.0604 e. The highest BCUT2D eigenvalue weighted by Crippen LogP contribution is 2.43. The molecule has 0 radical (unpaired) electrons. The van der Waals surface area contributed by atoms with Gasteiger partial charge < -0.3 is 10.1 Å². The fraction of sp³-hybridized carbons (Fsp3) is 1.00. The van der Waals surface area contributed by atoms with E-state index in [2.05, 4.69) is 37.9 Å². The summed E-state index contributed by atoms with van der Waals surface area (Å²) >= 11 is 0. The Morgan fingerprint density at radius 2 is 2.00 bits per heavy atom. The van der Waals surface area contributed by atoms with Crippen LogP contribution in [0.3, 0.4) is 0 Å². The van der Waals surface area contributed by atoms with Crippen LogP contribution in [0.4, 0.5) is 0 Å². The Balaban J connectivity index is 1.64. The monoisotopic (exact) mass is 280 g/mol. The minimum Gasteiger partial charge on any atom is -0.378 e. The van der Waals surface area contributed by atoms with Crippen LogP contribution in [0.25, 0.3) is 0 Å². The first kappa shape index (κ1) is 14.8. The van der Waals surface area contributed by atoms with E-state index in [0.29, 0.717) is 17.7 Å². The van der Waals surface area contributed by atoms with Crippen LogP contribution in [0.2, 0.25) is 0 Å². The number of hydrogen-bond donors (Lipinski definition) is 1. The number of nitrogens with zero attached hydrogens (tertiary/aromatic N) is 1. The van der Waals surface area contributed by atoms with Crippen molar-refractivity contribution >= 4 is 0 Å². The van der Waals surface area contributed by atoms with Crippen molar-refractivity contribution in [1.82, 2.24) is 10.2 Å². The molecule has 1 aliphatic heterocycles. The third-order valence-electron chi connectivity index (χ3n) is 5.84. The number of piperazine rings is 1. The van der Waals surface area contributed by atoms with Gasteiger partial charge in [0.15, 0.2) is 0 Å². The molecule has 0 bridgehead atoms. The molecule has 3 fully saturated rings. The van der Waals surface area contributed by atoms with Gasteiger partial charge in [-0.1, -0.05) is 13.8 Å². The van der Waals surface area contributed by atoms with Crippen LogP contribution < -0.4 is 5.32 Å². The second-order valence-corrected chi connectivity index (χ2v) is 7.76. The van der Waals surface area contributed by atoms with E-state index in [-0.39, 0.29) is 0 Å². The molecular weight excluding hydrogens is 248 g/mol. The van der Waals surface area contributed by atoms with Gasteiger partial charge in [0.1, 0.15) is 0 Å². The Morgan fingerprint density at radius 3 is 2.55 bits per heavy atom. The maximum absolute atomic E-state index is 5.76. The molecule has 3 nitrogen and oxygen atoms in total. The highest BCUT2D eigenvalue weighted by atomic mass is 16.5. The van der Waals surface area contributed by atoms with Crippen molar-refractivity contribution in [2.24, 2.45) is 11.8 Å². The zero-order valence-electron chi connectivity index (χ0n) is 13.7. The Kier molecular flexibility index (Phi) is 4.13. The van der Waals surface area contributed by atoms with Gasteiger partial charge in [0, 0.05) is 37.3 Å². The second kappa shape index (κ2) is 5.58. The van der Waals surface area contributed by atoms with Crippen molar-refractivity contribution in [2.75, 3.05) is 19.7 Å². The molecule has 0 aromatic carbocycles. The van der Waals surface area contributed by atoms with Crippen LogP contribution in [-0.2, 0) is 4.74 Å². The highest BCUT2D eigenvalue weighted by Gasteiger charge is 2.49. The second-order valence-electron chi connectivity index (χ2n) is 7.76. The molecule has 1 saturated heterocycles. The quantitative estimate of drug-likeness (QED) is 0.838. The van der Waals surface area contributed by atoms with Gasteiger partial charge in [-0.25, -0.2) is 0 Å². The number of hydrogen-bond acceptors (Lipinski definition) is 3. The van der Waals surface area contributed by atoms with E-state index in [9.17, 15) is 0 Å². The van der Waals surface area contributed by atoms with E-state index in [4.69, 9.17) is 4.74 Å². The summed E-state index contributed by atoms with van der Waals surface area (Å²) in [6.07, 6.45) is 5.88. The van der Waals surface area contributed by atoms with Crippen molar-refractivity contribution in [3.8, 4) is 0 Å². The van der Waals surface area contributed by atoms with Gasteiger partial charge in [0.25, 0.3) is 0 Å². The lowest BCUT2D eigenvalue weighted by Gasteiger charge is -2.54. The summed E-state index contributed by atoms with van der Waals surface area (Å²) < 4.78 is 5.76. The van der Waals surface area contributed by atoms with Crippen LogP contribution in [-0.4, -0.2) is 48.3 Å². The predicted octanol–water partition coefficient (Wildman–Crippen LogP) is 2.65. The SMILES string of the molecule is CCOC1CC(N2CC(C)(C3CC3)NCC2C(C)C)C1. The summed E-state index contributed by atoms with van der Waals surface area (Å²) in [5.41, 5.74) is 0.363. The fourth-order valence-electron chi connectivity index (χ4n) is 4.20. The van der Waals surface area contributed by atoms with E-state index in [0.717, 1.165) is 24.5 Å². The molecule has 0 spiro atoms.